The van der Waals surface area contributed by atoms with Crippen LogP contribution in [0.3, 0.4) is 0 Å². The van der Waals surface area contributed by atoms with Gasteiger partial charge in [0.1, 0.15) is 5.75 Å². The molecule has 138 valence electrons. The molecule has 1 aromatic carbocycles. The summed E-state index contributed by atoms with van der Waals surface area (Å²) in [5.41, 5.74) is 0.413. The largest absolute Gasteiger partial charge is 0.492 e. The molecule has 2 atom stereocenters. The number of anilines is 1. The molecule has 2 N–H and O–H groups in total. The molecule has 1 aliphatic heterocycles. The molecule has 0 saturated carbocycles. The van der Waals surface area contributed by atoms with E-state index in [1.807, 2.05) is 0 Å². The molecular formula is C16H19F3N2O4. The first-order valence-electron chi connectivity index (χ1n) is 7.76. The Kier molecular flexibility index (Phi) is 5.89. The number of carbonyl (C=O) groups excluding carboxylic acids is 1. The Morgan fingerprint density at radius 1 is 1.32 bits per heavy atom. The number of carboxylic acid groups (broad SMARTS) is 1. The third-order valence-corrected chi connectivity index (χ3v) is 3.96. The SMILES string of the molecule is CCOc1ccccc1NC(=O)CN1C[C@@H](C(F)(F)F)[C@H](C(=O)O)C1. The summed E-state index contributed by atoms with van der Waals surface area (Å²) >= 11 is 0. The Bertz CT molecular complexity index is 636. The van der Waals surface area contributed by atoms with Gasteiger partial charge in [-0.3, -0.25) is 14.5 Å². The minimum absolute atomic E-state index is 0.319. The quantitative estimate of drug-likeness (QED) is 0.813. The molecule has 9 heteroatoms. The van der Waals surface area contributed by atoms with Crippen molar-refractivity contribution in [1.29, 1.82) is 0 Å². The molecule has 1 heterocycles. The second-order valence-corrected chi connectivity index (χ2v) is 5.76. The van der Waals surface area contributed by atoms with Crippen molar-refractivity contribution in [2.45, 2.75) is 13.1 Å². The van der Waals surface area contributed by atoms with Gasteiger partial charge in [0.05, 0.1) is 30.7 Å². The van der Waals surface area contributed by atoms with Crippen LogP contribution >= 0.6 is 0 Å². The lowest BCUT2D eigenvalue weighted by Crippen LogP contribution is -2.34. The lowest BCUT2D eigenvalue weighted by atomic mass is 9.96. The van der Waals surface area contributed by atoms with Crippen molar-refractivity contribution in [3.63, 3.8) is 0 Å². The highest BCUT2D eigenvalue weighted by Gasteiger charge is 2.52. The van der Waals surface area contributed by atoms with Crippen LogP contribution in [0.15, 0.2) is 24.3 Å². The lowest BCUT2D eigenvalue weighted by Gasteiger charge is -2.18. The van der Waals surface area contributed by atoms with Gasteiger partial charge in [-0.1, -0.05) is 12.1 Å². The fourth-order valence-electron chi connectivity index (χ4n) is 2.84. The molecule has 0 aromatic heterocycles. The van der Waals surface area contributed by atoms with E-state index in [0.717, 1.165) is 0 Å². The zero-order valence-electron chi connectivity index (χ0n) is 13.5. The van der Waals surface area contributed by atoms with Gasteiger partial charge < -0.3 is 15.2 Å². The van der Waals surface area contributed by atoms with Gasteiger partial charge >= 0.3 is 12.1 Å². The highest BCUT2D eigenvalue weighted by molar-refractivity contribution is 5.93. The van der Waals surface area contributed by atoms with Gasteiger partial charge in [0.25, 0.3) is 0 Å². The number of nitrogens with one attached hydrogen (secondary N) is 1. The standard InChI is InChI=1S/C16H19F3N2O4/c1-2-25-13-6-4-3-5-12(13)20-14(22)9-21-7-10(15(23)24)11(8-21)16(17,18)19/h3-6,10-11H,2,7-9H2,1H3,(H,20,22)(H,23,24)/t10-,11-/m1/s1. The number of carbonyl (C=O) groups is 2. The highest BCUT2D eigenvalue weighted by Crippen LogP contribution is 2.37. The van der Waals surface area contributed by atoms with E-state index in [2.05, 4.69) is 5.32 Å². The van der Waals surface area contributed by atoms with Gasteiger partial charge in [0.15, 0.2) is 0 Å². The Labute approximate surface area is 142 Å². The van der Waals surface area contributed by atoms with Gasteiger partial charge in [0, 0.05) is 13.1 Å². The van der Waals surface area contributed by atoms with Crippen molar-refractivity contribution in [3.05, 3.63) is 24.3 Å². The molecule has 0 aliphatic carbocycles. The van der Waals surface area contributed by atoms with E-state index < -0.39 is 36.4 Å². The second kappa shape index (κ2) is 7.73. The van der Waals surface area contributed by atoms with Gasteiger partial charge in [-0.05, 0) is 19.1 Å². The number of alkyl halides is 3. The fraction of sp³-hybridized carbons (Fsp3) is 0.500. The third kappa shape index (κ3) is 4.85. The van der Waals surface area contributed by atoms with Crippen LogP contribution in [0.1, 0.15) is 6.92 Å². The molecule has 6 nitrogen and oxygen atoms in total. The minimum Gasteiger partial charge on any atom is -0.492 e. The average Bonchev–Trinajstić information content (AvgIpc) is 2.94. The number of carboxylic acids is 1. The van der Waals surface area contributed by atoms with Crippen LogP contribution in [-0.2, 0) is 9.59 Å². The lowest BCUT2D eigenvalue weighted by molar-refractivity contribution is -0.188. The summed E-state index contributed by atoms with van der Waals surface area (Å²) in [6, 6.07) is 6.70. The molecule has 0 unspecified atom stereocenters. The normalized spacial score (nSPS) is 21.1. The molecule has 25 heavy (non-hydrogen) atoms. The number of nitrogens with zero attached hydrogens (tertiary/aromatic N) is 1. The number of hydrogen-bond acceptors (Lipinski definition) is 4. The van der Waals surface area contributed by atoms with Gasteiger partial charge in [-0.15, -0.1) is 0 Å². The molecule has 1 fully saturated rings. The maximum atomic E-state index is 13.0. The summed E-state index contributed by atoms with van der Waals surface area (Å²) in [6.45, 7) is 1.02. The number of amides is 1. The van der Waals surface area contributed by atoms with Crippen molar-refractivity contribution in [3.8, 4) is 5.75 Å². The summed E-state index contributed by atoms with van der Waals surface area (Å²) in [5.74, 6) is -5.13. The second-order valence-electron chi connectivity index (χ2n) is 5.76. The highest BCUT2D eigenvalue weighted by atomic mass is 19.4. The predicted molar refractivity (Wildman–Crippen MR) is 83.4 cm³/mol. The van der Waals surface area contributed by atoms with Crippen LogP contribution in [0.2, 0.25) is 0 Å². The van der Waals surface area contributed by atoms with Crippen molar-refractivity contribution in [1.82, 2.24) is 4.90 Å². The number of ether oxygens (including phenoxy) is 1. The molecule has 0 spiro atoms. The van der Waals surface area contributed by atoms with E-state index in [-0.39, 0.29) is 13.1 Å². The molecule has 0 bridgehead atoms. The Morgan fingerprint density at radius 3 is 2.56 bits per heavy atom. The van der Waals surface area contributed by atoms with Gasteiger partial charge in [-0.25, -0.2) is 0 Å². The zero-order valence-corrected chi connectivity index (χ0v) is 13.5. The number of halogens is 3. The number of likely N-dealkylation sites (tertiary alicyclic amines) is 1. The number of para-hydroxylation sites is 2. The van der Waals surface area contributed by atoms with Crippen LogP contribution in [0.4, 0.5) is 18.9 Å². The Hall–Kier alpha value is -2.29. The summed E-state index contributed by atoms with van der Waals surface area (Å²) in [5, 5.41) is 11.6. The van der Waals surface area contributed by atoms with Gasteiger partial charge in [0.2, 0.25) is 5.91 Å². The molecule has 0 radical (unpaired) electrons. The predicted octanol–water partition coefficient (Wildman–Crippen LogP) is 2.22. The number of hydrogen-bond donors (Lipinski definition) is 2. The number of aliphatic carboxylic acids is 1. The third-order valence-electron chi connectivity index (χ3n) is 3.96. The zero-order chi connectivity index (χ0) is 18.6. The molecule has 1 aliphatic rings. The fourth-order valence-corrected chi connectivity index (χ4v) is 2.84. The Morgan fingerprint density at radius 2 is 2.00 bits per heavy atom. The van der Waals surface area contributed by atoms with Crippen LogP contribution in [0.25, 0.3) is 0 Å². The Balaban J connectivity index is 2.01. The average molecular weight is 360 g/mol. The van der Waals surface area contributed by atoms with Gasteiger partial charge in [-0.2, -0.15) is 13.2 Å². The first kappa shape index (κ1) is 19.0. The summed E-state index contributed by atoms with van der Waals surface area (Å²) in [6.07, 6.45) is -4.62. The topological polar surface area (TPSA) is 78.9 Å². The van der Waals surface area contributed by atoms with Crippen LogP contribution in [0.5, 0.6) is 5.75 Å². The first-order chi connectivity index (χ1) is 11.7. The minimum atomic E-state index is -4.62. The van der Waals surface area contributed by atoms with E-state index in [1.165, 1.54) is 4.90 Å². The molecular weight excluding hydrogens is 341 g/mol. The monoisotopic (exact) mass is 360 g/mol. The van der Waals surface area contributed by atoms with Crippen molar-refractivity contribution in [2.75, 3.05) is 31.6 Å². The van der Waals surface area contributed by atoms with E-state index in [9.17, 15) is 22.8 Å². The smallest absolute Gasteiger partial charge is 0.393 e. The van der Waals surface area contributed by atoms with E-state index in [0.29, 0.717) is 18.0 Å². The molecule has 1 saturated heterocycles. The summed E-state index contributed by atoms with van der Waals surface area (Å²) in [4.78, 5) is 24.4. The summed E-state index contributed by atoms with van der Waals surface area (Å²) < 4.78 is 44.2. The number of rotatable bonds is 6. The van der Waals surface area contributed by atoms with E-state index in [4.69, 9.17) is 9.84 Å². The van der Waals surface area contributed by atoms with Crippen molar-refractivity contribution < 1.29 is 32.6 Å². The van der Waals surface area contributed by atoms with Crippen molar-refractivity contribution >= 4 is 17.6 Å². The molecule has 1 amide bonds. The number of benzene rings is 1. The van der Waals surface area contributed by atoms with E-state index in [1.54, 1.807) is 31.2 Å². The molecule has 2 rings (SSSR count). The van der Waals surface area contributed by atoms with Crippen LogP contribution in [0, 0.1) is 11.8 Å². The maximum absolute atomic E-state index is 13.0. The maximum Gasteiger partial charge on any atom is 0.393 e. The van der Waals surface area contributed by atoms with Crippen molar-refractivity contribution in [2.24, 2.45) is 11.8 Å². The van der Waals surface area contributed by atoms with Crippen LogP contribution in [-0.4, -0.2) is 54.3 Å². The van der Waals surface area contributed by atoms with E-state index >= 15 is 0 Å². The summed E-state index contributed by atoms with van der Waals surface area (Å²) in [7, 11) is 0. The first-order valence-corrected chi connectivity index (χ1v) is 7.76. The van der Waals surface area contributed by atoms with Crippen LogP contribution < -0.4 is 10.1 Å². The molecule has 1 aromatic rings.